The molecule has 4 nitrogen and oxygen atoms in total. The normalized spacial score (nSPS) is 10.6. The van der Waals surface area contributed by atoms with Crippen LogP contribution < -0.4 is 14.9 Å². The maximum absolute atomic E-state index is 5.89. The van der Waals surface area contributed by atoms with Gasteiger partial charge in [0, 0.05) is 5.02 Å². The van der Waals surface area contributed by atoms with E-state index in [0.717, 1.165) is 11.3 Å². The van der Waals surface area contributed by atoms with Gasteiger partial charge >= 0.3 is 0 Å². The molecule has 0 atom stereocenters. The van der Waals surface area contributed by atoms with E-state index in [0.29, 0.717) is 16.5 Å². The summed E-state index contributed by atoms with van der Waals surface area (Å²) in [6.07, 6.45) is 1.70. The Hall–Kier alpha value is -2.20. The molecule has 2 aromatic rings. The van der Waals surface area contributed by atoms with Gasteiger partial charge in [0.15, 0.2) is 11.5 Å². The molecule has 0 unspecified atom stereocenters. The first-order valence-electron chi connectivity index (χ1n) is 5.99. The number of rotatable bonds is 5. The molecule has 0 amide bonds. The highest BCUT2D eigenvalue weighted by Gasteiger charge is 2.02. The monoisotopic (exact) mass is 290 g/mol. The largest absolute Gasteiger partial charge is 0.493 e. The van der Waals surface area contributed by atoms with E-state index >= 15 is 0 Å². The van der Waals surface area contributed by atoms with Crippen molar-refractivity contribution in [3.8, 4) is 11.5 Å². The molecule has 5 heteroatoms. The highest BCUT2D eigenvalue weighted by molar-refractivity contribution is 6.30. The van der Waals surface area contributed by atoms with Crippen LogP contribution in [0.5, 0.6) is 11.5 Å². The van der Waals surface area contributed by atoms with Crippen molar-refractivity contribution in [1.29, 1.82) is 0 Å². The van der Waals surface area contributed by atoms with Gasteiger partial charge in [-0.1, -0.05) is 17.7 Å². The number of hydrazone groups is 1. The van der Waals surface area contributed by atoms with E-state index in [-0.39, 0.29) is 0 Å². The maximum atomic E-state index is 5.89. The third kappa shape index (κ3) is 3.65. The van der Waals surface area contributed by atoms with Crippen LogP contribution in [-0.2, 0) is 0 Å². The van der Waals surface area contributed by atoms with Crippen LogP contribution in [-0.4, -0.2) is 20.4 Å². The maximum Gasteiger partial charge on any atom is 0.161 e. The summed E-state index contributed by atoms with van der Waals surface area (Å²) >= 11 is 5.89. The summed E-state index contributed by atoms with van der Waals surface area (Å²) in [5, 5.41) is 4.82. The van der Waals surface area contributed by atoms with Crippen LogP contribution in [0.15, 0.2) is 47.6 Å². The minimum Gasteiger partial charge on any atom is -0.493 e. The van der Waals surface area contributed by atoms with E-state index in [9.17, 15) is 0 Å². The first kappa shape index (κ1) is 14.2. The van der Waals surface area contributed by atoms with E-state index in [1.807, 2.05) is 36.4 Å². The van der Waals surface area contributed by atoms with E-state index in [2.05, 4.69) is 10.5 Å². The quantitative estimate of drug-likeness (QED) is 0.673. The zero-order chi connectivity index (χ0) is 14.4. The average Bonchev–Trinajstić information content (AvgIpc) is 2.47. The van der Waals surface area contributed by atoms with Gasteiger partial charge in [-0.2, -0.15) is 5.10 Å². The standard InChI is InChI=1S/C15H15ClN2O2/c1-19-14-7-6-11(8-15(14)20-2)10-17-18-13-5-3-4-12(16)9-13/h3-10,18H,1-2H3. The molecule has 0 spiro atoms. The minimum atomic E-state index is 0.663. The molecule has 0 aliphatic heterocycles. The third-order valence-electron chi connectivity index (χ3n) is 2.64. The molecule has 2 rings (SSSR count). The summed E-state index contributed by atoms with van der Waals surface area (Å²) in [6.45, 7) is 0. The molecule has 0 bridgehead atoms. The van der Waals surface area contributed by atoms with Crippen LogP contribution in [0.3, 0.4) is 0 Å². The van der Waals surface area contributed by atoms with Crippen LogP contribution in [0.4, 0.5) is 5.69 Å². The molecule has 1 N–H and O–H groups in total. The molecule has 0 radical (unpaired) electrons. The van der Waals surface area contributed by atoms with E-state index < -0.39 is 0 Å². The zero-order valence-electron chi connectivity index (χ0n) is 11.3. The van der Waals surface area contributed by atoms with Gasteiger partial charge in [0.25, 0.3) is 0 Å². The first-order valence-corrected chi connectivity index (χ1v) is 6.37. The Morgan fingerprint density at radius 2 is 1.85 bits per heavy atom. The molecular weight excluding hydrogens is 276 g/mol. The van der Waals surface area contributed by atoms with Gasteiger partial charge in [-0.15, -0.1) is 0 Å². The molecule has 0 saturated carbocycles. The molecule has 0 saturated heterocycles. The van der Waals surface area contributed by atoms with Crippen LogP contribution in [0, 0.1) is 0 Å². The number of anilines is 1. The van der Waals surface area contributed by atoms with Crippen molar-refractivity contribution >= 4 is 23.5 Å². The highest BCUT2D eigenvalue weighted by Crippen LogP contribution is 2.26. The average molecular weight is 291 g/mol. The second kappa shape index (κ2) is 6.82. The van der Waals surface area contributed by atoms with E-state index in [4.69, 9.17) is 21.1 Å². The van der Waals surface area contributed by atoms with Crippen molar-refractivity contribution < 1.29 is 9.47 Å². The molecule has 2 aromatic carbocycles. The van der Waals surface area contributed by atoms with Crippen LogP contribution >= 0.6 is 11.6 Å². The summed E-state index contributed by atoms with van der Waals surface area (Å²) in [5.74, 6) is 1.35. The fraction of sp³-hybridized carbons (Fsp3) is 0.133. The fourth-order valence-corrected chi connectivity index (χ4v) is 1.86. The SMILES string of the molecule is COc1ccc(C=NNc2cccc(Cl)c2)cc1OC. The number of ether oxygens (including phenoxy) is 2. The number of halogens is 1. The smallest absolute Gasteiger partial charge is 0.161 e. The van der Waals surface area contributed by atoms with E-state index in [1.54, 1.807) is 26.5 Å². The number of nitrogens with one attached hydrogen (secondary N) is 1. The topological polar surface area (TPSA) is 42.8 Å². The van der Waals surface area contributed by atoms with Gasteiger partial charge in [-0.05, 0) is 42.0 Å². The third-order valence-corrected chi connectivity index (χ3v) is 2.87. The van der Waals surface area contributed by atoms with Gasteiger partial charge in [-0.3, -0.25) is 5.43 Å². The molecule has 0 heterocycles. The fourth-order valence-electron chi connectivity index (χ4n) is 1.67. The molecular formula is C15H15ClN2O2. The van der Waals surface area contributed by atoms with Gasteiger partial charge in [0.1, 0.15) is 0 Å². The lowest BCUT2D eigenvalue weighted by Gasteiger charge is -2.07. The molecule has 0 aliphatic rings. The second-order valence-electron chi connectivity index (χ2n) is 3.99. The Morgan fingerprint density at radius 1 is 1.05 bits per heavy atom. The summed E-state index contributed by atoms with van der Waals surface area (Å²) in [7, 11) is 3.20. The predicted molar refractivity (Wildman–Crippen MR) is 82.2 cm³/mol. The molecule has 0 fully saturated rings. The Kier molecular flexibility index (Phi) is 4.85. The molecule has 0 aliphatic carbocycles. The molecule has 104 valence electrons. The minimum absolute atomic E-state index is 0.663. The van der Waals surface area contributed by atoms with Gasteiger partial charge in [0.05, 0.1) is 26.1 Å². The Bertz CT molecular complexity index is 615. The summed E-state index contributed by atoms with van der Waals surface area (Å²) in [6, 6.07) is 12.9. The number of benzene rings is 2. The van der Waals surface area contributed by atoms with Gasteiger partial charge in [-0.25, -0.2) is 0 Å². The Labute approximate surface area is 123 Å². The van der Waals surface area contributed by atoms with Gasteiger partial charge < -0.3 is 9.47 Å². The van der Waals surface area contributed by atoms with Crippen molar-refractivity contribution in [2.45, 2.75) is 0 Å². The van der Waals surface area contributed by atoms with Crippen molar-refractivity contribution in [3.63, 3.8) is 0 Å². The summed E-state index contributed by atoms with van der Waals surface area (Å²) in [4.78, 5) is 0. The zero-order valence-corrected chi connectivity index (χ0v) is 12.0. The van der Waals surface area contributed by atoms with Crippen molar-refractivity contribution in [2.75, 3.05) is 19.6 Å². The lowest BCUT2D eigenvalue weighted by atomic mass is 10.2. The number of methoxy groups -OCH3 is 2. The lowest BCUT2D eigenvalue weighted by molar-refractivity contribution is 0.355. The molecule has 0 aromatic heterocycles. The lowest BCUT2D eigenvalue weighted by Crippen LogP contribution is -1.94. The Balaban J connectivity index is 2.08. The van der Waals surface area contributed by atoms with Crippen molar-refractivity contribution in [2.24, 2.45) is 5.10 Å². The number of nitrogens with zero attached hydrogens (tertiary/aromatic N) is 1. The second-order valence-corrected chi connectivity index (χ2v) is 4.43. The van der Waals surface area contributed by atoms with Gasteiger partial charge in [0.2, 0.25) is 0 Å². The van der Waals surface area contributed by atoms with Crippen molar-refractivity contribution in [3.05, 3.63) is 53.1 Å². The predicted octanol–water partition coefficient (Wildman–Crippen LogP) is 3.80. The first-order chi connectivity index (χ1) is 9.72. The summed E-state index contributed by atoms with van der Waals surface area (Å²) < 4.78 is 10.4. The highest BCUT2D eigenvalue weighted by atomic mass is 35.5. The van der Waals surface area contributed by atoms with Crippen LogP contribution in [0.25, 0.3) is 0 Å². The van der Waals surface area contributed by atoms with E-state index in [1.165, 1.54) is 0 Å². The summed E-state index contributed by atoms with van der Waals surface area (Å²) in [5.41, 5.74) is 4.64. The Morgan fingerprint density at radius 3 is 2.55 bits per heavy atom. The molecule has 20 heavy (non-hydrogen) atoms. The number of hydrogen-bond acceptors (Lipinski definition) is 4. The van der Waals surface area contributed by atoms with Crippen LogP contribution in [0.2, 0.25) is 5.02 Å². The van der Waals surface area contributed by atoms with Crippen molar-refractivity contribution in [1.82, 2.24) is 0 Å². The number of hydrogen-bond donors (Lipinski definition) is 1. The van der Waals surface area contributed by atoms with Crippen LogP contribution in [0.1, 0.15) is 5.56 Å².